The molecule has 8 heteroatoms. The molecule has 0 saturated carbocycles. The van der Waals surface area contributed by atoms with Crippen LogP contribution in [0.15, 0.2) is 65.5 Å². The summed E-state index contributed by atoms with van der Waals surface area (Å²) in [6.07, 6.45) is 1.78. The summed E-state index contributed by atoms with van der Waals surface area (Å²) in [5, 5.41) is 12.6. The van der Waals surface area contributed by atoms with E-state index in [0.717, 1.165) is 43.9 Å². The molecule has 1 aliphatic rings. The topological polar surface area (TPSA) is 85.0 Å². The standard InChI is InChI=1S/C27H30N6O2/c1-19-26-25(20(2)33(30-26)23-11-7-4-8-12-23)27(35)32(29-19)18-24(34)28-22-13-15-31(16-14-22)17-21-9-5-3-6-10-21/h3-12,22H,13-18H2,1-2H3,(H,28,34). The second-order valence-corrected chi connectivity index (χ2v) is 9.21. The summed E-state index contributed by atoms with van der Waals surface area (Å²) < 4.78 is 3.02. The van der Waals surface area contributed by atoms with E-state index in [1.807, 2.05) is 50.2 Å². The molecule has 0 atom stereocenters. The van der Waals surface area contributed by atoms with Gasteiger partial charge in [-0.05, 0) is 44.4 Å². The van der Waals surface area contributed by atoms with Gasteiger partial charge >= 0.3 is 0 Å². The first-order valence-corrected chi connectivity index (χ1v) is 12.1. The quantitative estimate of drug-likeness (QED) is 0.468. The van der Waals surface area contributed by atoms with Crippen molar-refractivity contribution in [2.75, 3.05) is 13.1 Å². The highest BCUT2D eigenvalue weighted by Gasteiger charge is 2.22. The van der Waals surface area contributed by atoms with Crippen LogP contribution >= 0.6 is 0 Å². The van der Waals surface area contributed by atoms with E-state index in [9.17, 15) is 9.59 Å². The third-order valence-electron chi connectivity index (χ3n) is 6.67. The zero-order valence-corrected chi connectivity index (χ0v) is 20.1. The van der Waals surface area contributed by atoms with Crippen LogP contribution in [0.4, 0.5) is 0 Å². The molecule has 5 rings (SSSR count). The number of hydrogen-bond donors (Lipinski definition) is 1. The average Bonchev–Trinajstić information content (AvgIpc) is 3.22. The lowest BCUT2D eigenvalue weighted by molar-refractivity contribution is -0.122. The van der Waals surface area contributed by atoms with Gasteiger partial charge in [0.05, 0.1) is 22.5 Å². The van der Waals surface area contributed by atoms with Gasteiger partial charge in [-0.3, -0.25) is 14.5 Å². The van der Waals surface area contributed by atoms with E-state index in [1.165, 1.54) is 10.2 Å². The Hall–Kier alpha value is -3.78. The van der Waals surface area contributed by atoms with Crippen LogP contribution in [0.3, 0.4) is 0 Å². The molecule has 4 aromatic rings. The first kappa shape index (κ1) is 23.0. The first-order chi connectivity index (χ1) is 17.0. The summed E-state index contributed by atoms with van der Waals surface area (Å²) in [4.78, 5) is 28.5. The highest BCUT2D eigenvalue weighted by atomic mass is 16.2. The van der Waals surface area contributed by atoms with Gasteiger partial charge in [0.15, 0.2) is 0 Å². The van der Waals surface area contributed by atoms with Gasteiger partial charge in [0.2, 0.25) is 5.91 Å². The fourth-order valence-corrected chi connectivity index (χ4v) is 4.83. The number of para-hydroxylation sites is 1. The van der Waals surface area contributed by atoms with Crippen LogP contribution < -0.4 is 10.9 Å². The van der Waals surface area contributed by atoms with Gasteiger partial charge in [-0.2, -0.15) is 10.2 Å². The average molecular weight is 471 g/mol. The van der Waals surface area contributed by atoms with Crippen LogP contribution in [-0.4, -0.2) is 49.5 Å². The lowest BCUT2D eigenvalue weighted by atomic mass is 10.0. The fraction of sp³-hybridized carbons (Fsp3) is 0.333. The van der Waals surface area contributed by atoms with Gasteiger partial charge < -0.3 is 5.32 Å². The van der Waals surface area contributed by atoms with Crippen molar-refractivity contribution in [3.8, 4) is 5.69 Å². The van der Waals surface area contributed by atoms with E-state index in [4.69, 9.17) is 0 Å². The van der Waals surface area contributed by atoms with Crippen molar-refractivity contribution in [3.63, 3.8) is 0 Å². The summed E-state index contributed by atoms with van der Waals surface area (Å²) in [5.41, 5.74) is 3.82. The number of likely N-dealkylation sites (tertiary alicyclic amines) is 1. The van der Waals surface area contributed by atoms with Gasteiger partial charge in [0, 0.05) is 25.7 Å². The molecule has 1 aliphatic heterocycles. The highest BCUT2D eigenvalue weighted by Crippen LogP contribution is 2.20. The molecule has 0 aliphatic carbocycles. The molecule has 1 amide bonds. The summed E-state index contributed by atoms with van der Waals surface area (Å²) in [5.74, 6) is -0.187. The molecule has 0 bridgehead atoms. The molecular weight excluding hydrogens is 440 g/mol. The van der Waals surface area contributed by atoms with E-state index >= 15 is 0 Å². The number of carbonyl (C=O) groups is 1. The maximum atomic E-state index is 13.3. The van der Waals surface area contributed by atoms with Crippen molar-refractivity contribution in [3.05, 3.63) is 88.0 Å². The monoisotopic (exact) mass is 470 g/mol. The molecule has 0 unspecified atom stereocenters. The van der Waals surface area contributed by atoms with Gasteiger partial charge in [0.1, 0.15) is 12.1 Å². The van der Waals surface area contributed by atoms with Crippen LogP contribution in [0.1, 0.15) is 29.8 Å². The number of aryl methyl sites for hydroxylation is 2. The van der Waals surface area contributed by atoms with Crippen LogP contribution in [0.5, 0.6) is 0 Å². The number of hydrogen-bond acceptors (Lipinski definition) is 5. The number of rotatable bonds is 6. The van der Waals surface area contributed by atoms with Crippen molar-refractivity contribution < 1.29 is 4.79 Å². The lowest BCUT2D eigenvalue weighted by Gasteiger charge is -2.32. The molecule has 35 heavy (non-hydrogen) atoms. The van der Waals surface area contributed by atoms with Gasteiger partial charge in [-0.25, -0.2) is 9.36 Å². The van der Waals surface area contributed by atoms with E-state index in [0.29, 0.717) is 16.6 Å². The zero-order valence-electron chi connectivity index (χ0n) is 20.1. The Bertz CT molecular complexity index is 1390. The summed E-state index contributed by atoms with van der Waals surface area (Å²) in [6.45, 7) is 6.38. The number of aromatic nitrogens is 4. The second-order valence-electron chi connectivity index (χ2n) is 9.21. The maximum Gasteiger partial charge on any atom is 0.278 e. The first-order valence-electron chi connectivity index (χ1n) is 12.1. The number of fused-ring (bicyclic) bond motifs is 1. The minimum Gasteiger partial charge on any atom is -0.352 e. The molecule has 3 heterocycles. The van der Waals surface area contributed by atoms with Crippen molar-refractivity contribution in [1.82, 2.24) is 29.8 Å². The molecule has 0 radical (unpaired) electrons. The zero-order chi connectivity index (χ0) is 24.4. The van der Waals surface area contributed by atoms with Crippen molar-refractivity contribution in [1.29, 1.82) is 0 Å². The Morgan fingerprint density at radius 1 is 0.971 bits per heavy atom. The predicted octanol–water partition coefficient (Wildman–Crippen LogP) is 2.98. The molecular formula is C27H30N6O2. The molecule has 8 nitrogen and oxygen atoms in total. The Balaban J connectivity index is 1.26. The van der Waals surface area contributed by atoms with Crippen molar-refractivity contribution in [2.45, 2.75) is 45.8 Å². The SMILES string of the molecule is Cc1nn(CC(=O)NC2CCN(Cc3ccccc3)CC2)c(=O)c2c(C)n(-c3ccccc3)nc12. The highest BCUT2D eigenvalue weighted by molar-refractivity contribution is 5.83. The third-order valence-corrected chi connectivity index (χ3v) is 6.67. The van der Waals surface area contributed by atoms with Crippen molar-refractivity contribution in [2.24, 2.45) is 0 Å². The maximum absolute atomic E-state index is 13.3. The normalized spacial score (nSPS) is 14.9. The van der Waals surface area contributed by atoms with E-state index < -0.39 is 0 Å². The van der Waals surface area contributed by atoms with Crippen LogP contribution in [0, 0.1) is 13.8 Å². The van der Waals surface area contributed by atoms with Crippen LogP contribution in [0.25, 0.3) is 16.6 Å². The Morgan fingerprint density at radius 2 is 1.63 bits per heavy atom. The molecule has 1 saturated heterocycles. The van der Waals surface area contributed by atoms with E-state index in [-0.39, 0.29) is 24.1 Å². The van der Waals surface area contributed by atoms with E-state index in [1.54, 1.807) is 4.68 Å². The lowest BCUT2D eigenvalue weighted by Crippen LogP contribution is -2.46. The van der Waals surface area contributed by atoms with Crippen molar-refractivity contribution >= 4 is 16.8 Å². The summed E-state index contributed by atoms with van der Waals surface area (Å²) in [6, 6.07) is 20.2. The largest absolute Gasteiger partial charge is 0.352 e. The molecule has 2 aromatic heterocycles. The van der Waals surface area contributed by atoms with Crippen LogP contribution in [-0.2, 0) is 17.9 Å². The predicted molar refractivity (Wildman–Crippen MR) is 135 cm³/mol. The third kappa shape index (κ3) is 4.88. The second kappa shape index (κ2) is 9.84. The molecule has 1 fully saturated rings. The number of nitrogens with one attached hydrogen (secondary N) is 1. The Morgan fingerprint density at radius 3 is 2.31 bits per heavy atom. The summed E-state index contributed by atoms with van der Waals surface area (Å²) in [7, 11) is 0. The Labute approximate surface area is 204 Å². The molecule has 1 N–H and O–H groups in total. The minimum atomic E-state index is -0.293. The number of piperidine rings is 1. The molecule has 2 aromatic carbocycles. The van der Waals surface area contributed by atoms with Gasteiger partial charge in [-0.15, -0.1) is 0 Å². The van der Waals surface area contributed by atoms with E-state index in [2.05, 4.69) is 44.7 Å². The summed E-state index contributed by atoms with van der Waals surface area (Å²) >= 11 is 0. The molecule has 0 spiro atoms. The van der Waals surface area contributed by atoms with Gasteiger partial charge in [0.25, 0.3) is 5.56 Å². The Kier molecular flexibility index (Phi) is 6.46. The number of amides is 1. The van der Waals surface area contributed by atoms with Crippen LogP contribution in [0.2, 0.25) is 0 Å². The smallest absolute Gasteiger partial charge is 0.278 e. The molecule has 180 valence electrons. The van der Waals surface area contributed by atoms with Gasteiger partial charge in [-0.1, -0.05) is 48.5 Å². The fourth-order valence-electron chi connectivity index (χ4n) is 4.83. The number of nitrogens with zero attached hydrogens (tertiary/aromatic N) is 5. The number of carbonyl (C=O) groups excluding carboxylic acids is 1. The number of benzene rings is 2. The minimum absolute atomic E-state index is 0.101.